The van der Waals surface area contributed by atoms with Gasteiger partial charge in [-0.15, -0.1) is 0 Å². The van der Waals surface area contributed by atoms with Crippen molar-refractivity contribution in [3.63, 3.8) is 0 Å². The lowest BCUT2D eigenvalue weighted by Gasteiger charge is -2.36. The van der Waals surface area contributed by atoms with Gasteiger partial charge in [0.1, 0.15) is 5.60 Å². The number of nitrogens with two attached hydrogens (primary N) is 1. The van der Waals surface area contributed by atoms with Crippen molar-refractivity contribution in [2.24, 2.45) is 11.7 Å². The summed E-state index contributed by atoms with van der Waals surface area (Å²) in [5.41, 5.74) is 5.29. The fourth-order valence-corrected chi connectivity index (χ4v) is 2.42. The molecule has 5 heteroatoms. The molecule has 0 atom stereocenters. The van der Waals surface area contributed by atoms with E-state index in [1.807, 2.05) is 20.8 Å². The standard InChI is InChI=1S/C14H25NO4/c1-13(2,3)19-12(18)10-4-7-14(15,8-5-10)9-6-11(16)17/h10H,4-9,15H2,1-3H3,(H,16,17). The molecule has 3 N–H and O–H groups in total. The van der Waals surface area contributed by atoms with Crippen LogP contribution in [0.2, 0.25) is 0 Å². The van der Waals surface area contributed by atoms with E-state index in [9.17, 15) is 9.59 Å². The normalized spacial score (nSPS) is 27.9. The number of carboxylic acid groups (broad SMARTS) is 1. The molecule has 0 heterocycles. The summed E-state index contributed by atoms with van der Waals surface area (Å²) < 4.78 is 5.37. The monoisotopic (exact) mass is 271 g/mol. The summed E-state index contributed by atoms with van der Waals surface area (Å²) in [7, 11) is 0. The van der Waals surface area contributed by atoms with Gasteiger partial charge in [0.05, 0.1) is 5.92 Å². The molecule has 0 bridgehead atoms. The minimum atomic E-state index is -0.820. The average molecular weight is 271 g/mol. The molecule has 0 spiro atoms. The number of hydrogen-bond acceptors (Lipinski definition) is 4. The van der Waals surface area contributed by atoms with Crippen LogP contribution in [0.3, 0.4) is 0 Å². The highest BCUT2D eigenvalue weighted by molar-refractivity contribution is 5.73. The maximum Gasteiger partial charge on any atom is 0.309 e. The van der Waals surface area contributed by atoms with Gasteiger partial charge >= 0.3 is 11.9 Å². The number of carboxylic acids is 1. The van der Waals surface area contributed by atoms with Crippen molar-refractivity contribution >= 4 is 11.9 Å². The Morgan fingerprint density at radius 2 is 1.84 bits per heavy atom. The van der Waals surface area contributed by atoms with Gasteiger partial charge in [-0.2, -0.15) is 0 Å². The smallest absolute Gasteiger partial charge is 0.309 e. The summed E-state index contributed by atoms with van der Waals surface area (Å²) in [6.45, 7) is 5.56. The van der Waals surface area contributed by atoms with Crippen molar-refractivity contribution < 1.29 is 19.4 Å². The number of carbonyl (C=O) groups excluding carboxylic acids is 1. The molecule has 1 aliphatic carbocycles. The number of ether oxygens (including phenoxy) is 1. The Kier molecular flexibility index (Phi) is 4.96. The first-order valence-electron chi connectivity index (χ1n) is 6.85. The third-order valence-corrected chi connectivity index (χ3v) is 3.56. The summed E-state index contributed by atoms with van der Waals surface area (Å²) in [5.74, 6) is -1.08. The number of rotatable bonds is 4. The Labute approximate surface area is 114 Å². The van der Waals surface area contributed by atoms with Gasteiger partial charge in [0.25, 0.3) is 0 Å². The highest BCUT2D eigenvalue weighted by Crippen LogP contribution is 2.34. The Morgan fingerprint density at radius 3 is 2.26 bits per heavy atom. The van der Waals surface area contributed by atoms with E-state index < -0.39 is 17.1 Å². The van der Waals surface area contributed by atoms with Crippen LogP contribution in [-0.4, -0.2) is 28.2 Å². The first-order chi connectivity index (χ1) is 8.61. The highest BCUT2D eigenvalue weighted by atomic mass is 16.6. The van der Waals surface area contributed by atoms with E-state index in [1.165, 1.54) is 0 Å². The summed E-state index contributed by atoms with van der Waals surface area (Å²) in [6.07, 6.45) is 3.31. The van der Waals surface area contributed by atoms with Gasteiger partial charge in [-0.1, -0.05) is 0 Å². The molecule has 0 amide bonds. The molecule has 0 saturated heterocycles. The maximum atomic E-state index is 11.9. The van der Waals surface area contributed by atoms with Crippen LogP contribution < -0.4 is 5.73 Å². The minimum absolute atomic E-state index is 0.0909. The van der Waals surface area contributed by atoms with Gasteiger partial charge < -0.3 is 15.6 Å². The van der Waals surface area contributed by atoms with Gasteiger partial charge in [0.15, 0.2) is 0 Å². The van der Waals surface area contributed by atoms with E-state index in [4.69, 9.17) is 15.6 Å². The van der Waals surface area contributed by atoms with E-state index in [0.717, 1.165) is 0 Å². The van der Waals surface area contributed by atoms with Crippen LogP contribution in [0.5, 0.6) is 0 Å². The zero-order valence-corrected chi connectivity index (χ0v) is 12.1. The van der Waals surface area contributed by atoms with Crippen molar-refractivity contribution in [1.29, 1.82) is 0 Å². The molecule has 0 aromatic carbocycles. The number of esters is 1. The quantitative estimate of drug-likeness (QED) is 0.764. The van der Waals surface area contributed by atoms with Gasteiger partial charge in [-0.3, -0.25) is 9.59 Å². The van der Waals surface area contributed by atoms with Crippen LogP contribution in [0, 0.1) is 5.92 Å². The van der Waals surface area contributed by atoms with E-state index >= 15 is 0 Å². The fraction of sp³-hybridized carbons (Fsp3) is 0.857. The molecule has 0 unspecified atom stereocenters. The first-order valence-corrected chi connectivity index (χ1v) is 6.85. The van der Waals surface area contributed by atoms with Crippen LogP contribution in [0.1, 0.15) is 59.3 Å². The topological polar surface area (TPSA) is 89.6 Å². The maximum absolute atomic E-state index is 11.9. The lowest BCUT2D eigenvalue weighted by Crippen LogP contribution is -2.45. The molecule has 1 saturated carbocycles. The highest BCUT2D eigenvalue weighted by Gasteiger charge is 2.36. The van der Waals surface area contributed by atoms with Crippen molar-refractivity contribution in [3.8, 4) is 0 Å². The molecule has 1 aliphatic rings. The lowest BCUT2D eigenvalue weighted by molar-refractivity contribution is -0.161. The average Bonchev–Trinajstić information content (AvgIpc) is 2.25. The predicted octanol–water partition coefficient (Wildman–Crippen LogP) is 2.08. The van der Waals surface area contributed by atoms with Crippen molar-refractivity contribution in [2.75, 3.05) is 0 Å². The van der Waals surface area contributed by atoms with E-state index in [-0.39, 0.29) is 18.3 Å². The Bertz CT molecular complexity index is 338. The van der Waals surface area contributed by atoms with Crippen LogP contribution in [0.15, 0.2) is 0 Å². The van der Waals surface area contributed by atoms with Crippen LogP contribution in [0.25, 0.3) is 0 Å². The lowest BCUT2D eigenvalue weighted by atomic mass is 9.75. The summed E-state index contributed by atoms with van der Waals surface area (Å²) in [6, 6.07) is 0. The van der Waals surface area contributed by atoms with Crippen molar-refractivity contribution in [2.45, 2.75) is 70.4 Å². The van der Waals surface area contributed by atoms with E-state index in [0.29, 0.717) is 32.1 Å². The molecule has 5 nitrogen and oxygen atoms in total. The third-order valence-electron chi connectivity index (χ3n) is 3.56. The van der Waals surface area contributed by atoms with Crippen LogP contribution >= 0.6 is 0 Å². The molecular formula is C14H25NO4. The molecule has 0 radical (unpaired) electrons. The van der Waals surface area contributed by atoms with Crippen LogP contribution in [-0.2, 0) is 14.3 Å². The largest absolute Gasteiger partial charge is 0.481 e. The Morgan fingerprint density at radius 1 is 1.32 bits per heavy atom. The zero-order valence-electron chi connectivity index (χ0n) is 12.1. The van der Waals surface area contributed by atoms with Crippen LogP contribution in [0.4, 0.5) is 0 Å². The molecule has 19 heavy (non-hydrogen) atoms. The number of aliphatic carboxylic acids is 1. The minimum Gasteiger partial charge on any atom is -0.481 e. The number of carbonyl (C=O) groups is 2. The second-order valence-electron chi connectivity index (χ2n) is 6.56. The summed E-state index contributed by atoms with van der Waals surface area (Å²) in [5, 5.41) is 8.70. The Hall–Kier alpha value is -1.10. The fourth-order valence-electron chi connectivity index (χ4n) is 2.42. The summed E-state index contributed by atoms with van der Waals surface area (Å²) in [4.78, 5) is 22.5. The second-order valence-corrected chi connectivity index (χ2v) is 6.56. The first kappa shape index (κ1) is 16.0. The predicted molar refractivity (Wildman–Crippen MR) is 71.6 cm³/mol. The molecule has 1 fully saturated rings. The van der Waals surface area contributed by atoms with E-state index in [2.05, 4.69) is 0 Å². The van der Waals surface area contributed by atoms with Gasteiger partial charge in [0, 0.05) is 12.0 Å². The van der Waals surface area contributed by atoms with Gasteiger partial charge in [-0.05, 0) is 52.9 Å². The molecule has 1 rings (SSSR count). The molecule has 0 aromatic rings. The van der Waals surface area contributed by atoms with Crippen molar-refractivity contribution in [1.82, 2.24) is 0 Å². The third kappa shape index (κ3) is 5.59. The molecule has 110 valence electrons. The zero-order chi connectivity index (χ0) is 14.7. The molecular weight excluding hydrogens is 246 g/mol. The number of hydrogen-bond donors (Lipinski definition) is 2. The SMILES string of the molecule is CC(C)(C)OC(=O)C1CCC(N)(CCC(=O)O)CC1. The molecule has 0 aromatic heterocycles. The van der Waals surface area contributed by atoms with Crippen molar-refractivity contribution in [3.05, 3.63) is 0 Å². The summed E-state index contributed by atoms with van der Waals surface area (Å²) >= 11 is 0. The molecule has 0 aliphatic heterocycles. The van der Waals surface area contributed by atoms with E-state index in [1.54, 1.807) is 0 Å². The Balaban J connectivity index is 2.44. The second kappa shape index (κ2) is 5.90. The van der Waals surface area contributed by atoms with Gasteiger partial charge in [-0.25, -0.2) is 0 Å². The van der Waals surface area contributed by atoms with Gasteiger partial charge in [0.2, 0.25) is 0 Å².